The number of nitrogens with zero attached hydrogens (tertiary/aromatic N) is 2. The average Bonchev–Trinajstić information content (AvgIpc) is 2.98. The molecule has 0 bridgehead atoms. The Balaban J connectivity index is 1.19. The lowest BCUT2D eigenvalue weighted by Crippen LogP contribution is -2.49. The topological polar surface area (TPSA) is 59.1 Å². The molecule has 0 unspecified atom stereocenters. The first-order chi connectivity index (χ1) is 19.2. The maximum absolute atomic E-state index is 15.0. The van der Waals surface area contributed by atoms with Crippen molar-refractivity contribution >= 4 is 11.8 Å². The third-order valence-corrected chi connectivity index (χ3v) is 8.60. The Bertz CT molecular complexity index is 1380. The van der Waals surface area contributed by atoms with Crippen LogP contribution in [0.4, 0.5) is 8.78 Å². The van der Waals surface area contributed by atoms with Crippen LogP contribution >= 0.6 is 0 Å². The van der Waals surface area contributed by atoms with Crippen LogP contribution in [0.1, 0.15) is 52.0 Å². The fraction of sp³-hybridized carbons (Fsp3) is 0.375. The minimum atomic E-state index is -0.580. The fourth-order valence-electron chi connectivity index (χ4n) is 5.94. The van der Waals surface area contributed by atoms with Crippen LogP contribution in [0.15, 0.2) is 54.6 Å². The number of likely N-dealkylation sites (tertiary alicyclic amines) is 2. The molecule has 2 heterocycles. The SMILES string of the molecule is COc1cc(C(=O)N2CCC3(CC2)CCN(C(=O)c2ccc(-c4ccc(F)cc4)cc2F)CC3)cc(OC)c1C. The summed E-state index contributed by atoms with van der Waals surface area (Å²) in [5.41, 5.74) is 2.79. The number of ether oxygens (including phenoxy) is 2. The van der Waals surface area contributed by atoms with Gasteiger partial charge in [-0.3, -0.25) is 9.59 Å². The summed E-state index contributed by atoms with van der Waals surface area (Å²) in [5.74, 6) is -0.0527. The highest BCUT2D eigenvalue weighted by Gasteiger charge is 2.40. The van der Waals surface area contributed by atoms with Gasteiger partial charge in [0.1, 0.15) is 23.1 Å². The van der Waals surface area contributed by atoms with Crippen LogP contribution in [-0.2, 0) is 0 Å². The van der Waals surface area contributed by atoms with E-state index in [-0.39, 0.29) is 28.6 Å². The van der Waals surface area contributed by atoms with Gasteiger partial charge in [-0.2, -0.15) is 0 Å². The predicted octanol–water partition coefficient (Wildman–Crippen LogP) is 6.12. The Kier molecular flexibility index (Phi) is 7.79. The summed E-state index contributed by atoms with van der Waals surface area (Å²) in [6.45, 7) is 4.29. The van der Waals surface area contributed by atoms with E-state index in [4.69, 9.17) is 9.47 Å². The van der Waals surface area contributed by atoms with E-state index >= 15 is 0 Å². The van der Waals surface area contributed by atoms with Crippen LogP contribution in [0, 0.1) is 24.0 Å². The third-order valence-electron chi connectivity index (χ3n) is 8.60. The molecule has 1 spiro atoms. The molecule has 2 aliphatic rings. The van der Waals surface area contributed by atoms with Crippen LogP contribution < -0.4 is 9.47 Å². The van der Waals surface area contributed by atoms with Gasteiger partial charge >= 0.3 is 0 Å². The second-order valence-electron chi connectivity index (χ2n) is 10.8. The number of piperidine rings is 2. The largest absolute Gasteiger partial charge is 0.496 e. The number of benzene rings is 3. The van der Waals surface area contributed by atoms with Crippen LogP contribution in [0.2, 0.25) is 0 Å². The van der Waals surface area contributed by atoms with E-state index in [9.17, 15) is 18.4 Å². The van der Waals surface area contributed by atoms with E-state index in [1.807, 2.05) is 11.8 Å². The molecule has 2 saturated heterocycles. The van der Waals surface area contributed by atoms with Crippen molar-refractivity contribution in [1.29, 1.82) is 0 Å². The molecule has 40 heavy (non-hydrogen) atoms. The first-order valence-electron chi connectivity index (χ1n) is 13.6. The highest BCUT2D eigenvalue weighted by atomic mass is 19.1. The van der Waals surface area contributed by atoms with Crippen LogP contribution in [0.25, 0.3) is 11.1 Å². The van der Waals surface area contributed by atoms with Crippen molar-refractivity contribution in [2.24, 2.45) is 5.41 Å². The number of hydrogen-bond acceptors (Lipinski definition) is 4. The van der Waals surface area contributed by atoms with Gasteiger partial charge in [0, 0.05) is 37.3 Å². The normalized spacial score (nSPS) is 16.6. The molecule has 2 fully saturated rings. The number of carbonyl (C=O) groups excluding carboxylic acids is 2. The van der Waals surface area contributed by atoms with Crippen molar-refractivity contribution in [2.75, 3.05) is 40.4 Å². The van der Waals surface area contributed by atoms with Crippen molar-refractivity contribution in [2.45, 2.75) is 32.6 Å². The van der Waals surface area contributed by atoms with Crippen LogP contribution in [-0.4, -0.2) is 62.0 Å². The Morgan fingerprint density at radius 1 is 0.725 bits per heavy atom. The summed E-state index contributed by atoms with van der Waals surface area (Å²) < 4.78 is 39.1. The van der Waals surface area contributed by atoms with Gasteiger partial charge in [-0.25, -0.2) is 8.78 Å². The maximum atomic E-state index is 15.0. The standard InChI is InChI=1S/C32H34F2N2O4/c1-21-28(39-2)19-24(20-29(21)40-3)30(37)35-14-10-32(11-15-35)12-16-36(17-13-32)31(38)26-9-6-23(18-27(26)34)22-4-7-25(33)8-5-22/h4-9,18-20H,10-17H2,1-3H3. The van der Waals surface area contributed by atoms with Gasteiger partial charge in [0.2, 0.25) is 0 Å². The second kappa shape index (κ2) is 11.3. The summed E-state index contributed by atoms with van der Waals surface area (Å²) in [7, 11) is 3.16. The van der Waals surface area contributed by atoms with Gasteiger partial charge in [0.15, 0.2) is 0 Å². The molecule has 0 saturated carbocycles. The van der Waals surface area contributed by atoms with E-state index in [1.165, 1.54) is 24.3 Å². The van der Waals surface area contributed by atoms with Gasteiger partial charge in [0.25, 0.3) is 11.8 Å². The van der Waals surface area contributed by atoms with Crippen molar-refractivity contribution < 1.29 is 27.8 Å². The molecule has 0 aliphatic carbocycles. The second-order valence-corrected chi connectivity index (χ2v) is 10.8. The van der Waals surface area contributed by atoms with Gasteiger partial charge in [-0.1, -0.05) is 18.2 Å². The lowest BCUT2D eigenvalue weighted by Gasteiger charge is -2.47. The summed E-state index contributed by atoms with van der Waals surface area (Å²) in [5, 5.41) is 0. The van der Waals surface area contributed by atoms with E-state index in [0.29, 0.717) is 54.4 Å². The highest BCUT2D eigenvalue weighted by molar-refractivity contribution is 5.96. The Labute approximate surface area is 233 Å². The third kappa shape index (κ3) is 5.40. The first kappa shape index (κ1) is 27.6. The van der Waals surface area contributed by atoms with E-state index in [0.717, 1.165) is 31.2 Å². The van der Waals surface area contributed by atoms with E-state index in [1.54, 1.807) is 49.5 Å². The zero-order chi connectivity index (χ0) is 28.4. The molecule has 5 rings (SSSR count). The molecule has 3 aromatic carbocycles. The number of rotatable bonds is 5. The first-order valence-corrected chi connectivity index (χ1v) is 13.6. The maximum Gasteiger partial charge on any atom is 0.256 e. The lowest BCUT2D eigenvalue weighted by molar-refractivity contribution is 0.0279. The minimum Gasteiger partial charge on any atom is -0.496 e. The van der Waals surface area contributed by atoms with Crippen molar-refractivity contribution in [3.05, 3.63) is 82.9 Å². The summed E-state index contributed by atoms with van der Waals surface area (Å²) >= 11 is 0. The number of carbonyl (C=O) groups is 2. The fourth-order valence-corrected chi connectivity index (χ4v) is 5.94. The highest BCUT2D eigenvalue weighted by Crippen LogP contribution is 2.42. The smallest absolute Gasteiger partial charge is 0.256 e. The van der Waals surface area contributed by atoms with Gasteiger partial charge < -0.3 is 19.3 Å². The molecule has 8 heteroatoms. The average molecular weight is 549 g/mol. The molecule has 3 aromatic rings. The number of amides is 2. The van der Waals surface area contributed by atoms with Crippen molar-refractivity contribution in [1.82, 2.24) is 9.80 Å². The zero-order valence-electron chi connectivity index (χ0n) is 23.1. The quantitative estimate of drug-likeness (QED) is 0.386. The van der Waals surface area contributed by atoms with Crippen LogP contribution in [0.3, 0.4) is 0 Å². The Morgan fingerprint density at radius 2 is 1.23 bits per heavy atom. The number of methoxy groups -OCH3 is 2. The predicted molar refractivity (Wildman–Crippen MR) is 149 cm³/mol. The van der Waals surface area contributed by atoms with Gasteiger partial charge in [-0.15, -0.1) is 0 Å². The van der Waals surface area contributed by atoms with Crippen LogP contribution in [0.5, 0.6) is 11.5 Å². The Hall–Kier alpha value is -3.94. The molecule has 0 aromatic heterocycles. The summed E-state index contributed by atoms with van der Waals surface area (Å²) in [6, 6.07) is 13.9. The van der Waals surface area contributed by atoms with E-state index < -0.39 is 5.82 Å². The lowest BCUT2D eigenvalue weighted by atomic mass is 9.71. The molecule has 0 radical (unpaired) electrons. The molecule has 210 valence electrons. The molecular formula is C32H34F2N2O4. The molecule has 6 nitrogen and oxygen atoms in total. The molecule has 2 amide bonds. The minimum absolute atomic E-state index is 0.0429. The summed E-state index contributed by atoms with van der Waals surface area (Å²) in [6.07, 6.45) is 3.37. The number of halogens is 2. The van der Waals surface area contributed by atoms with Gasteiger partial charge in [0.05, 0.1) is 19.8 Å². The Morgan fingerprint density at radius 3 is 1.73 bits per heavy atom. The molecule has 2 aliphatic heterocycles. The van der Waals surface area contributed by atoms with Gasteiger partial charge in [-0.05, 0) is 85.5 Å². The van der Waals surface area contributed by atoms with Crippen molar-refractivity contribution in [3.63, 3.8) is 0 Å². The molecule has 0 N–H and O–H groups in total. The molecule has 0 atom stereocenters. The zero-order valence-corrected chi connectivity index (χ0v) is 23.1. The molecular weight excluding hydrogens is 514 g/mol. The monoisotopic (exact) mass is 548 g/mol. The van der Waals surface area contributed by atoms with E-state index in [2.05, 4.69) is 0 Å². The van der Waals surface area contributed by atoms with Crippen molar-refractivity contribution in [3.8, 4) is 22.6 Å². The number of hydrogen-bond donors (Lipinski definition) is 0. The summed E-state index contributed by atoms with van der Waals surface area (Å²) in [4.78, 5) is 30.1.